The minimum absolute atomic E-state index is 0.758. The molecule has 0 amide bonds. The molecule has 0 fully saturated rings. The van der Waals surface area contributed by atoms with Crippen LogP contribution in [0.2, 0.25) is 0 Å². The highest BCUT2D eigenvalue weighted by atomic mass is 16.2. The summed E-state index contributed by atoms with van der Waals surface area (Å²) in [5.41, 5.74) is -1.85. The lowest BCUT2D eigenvalue weighted by Gasteiger charge is -1.99. The second kappa shape index (κ2) is 4.53. The van der Waals surface area contributed by atoms with Gasteiger partial charge in [0.2, 0.25) is 11.6 Å². The average molecular weight is 220 g/mol. The first-order valence-electron chi connectivity index (χ1n) is 9.16. The average Bonchev–Trinajstić information content (AvgIpc) is 2.61. The molecule has 2 nitrogen and oxygen atoms in total. The number of Topliss-reactive ketones (excluding diaryl/α,β-unsaturated/α-hetero) is 2. The molecule has 2 aromatic rings. The fourth-order valence-electron chi connectivity index (χ4n) is 0.954. The van der Waals surface area contributed by atoms with Gasteiger partial charge in [0.05, 0.1) is 13.7 Å². The predicted molar refractivity (Wildman–Crippen MR) is 61.5 cm³/mol. The maximum absolute atomic E-state index is 12.5. The Bertz CT molecular complexity index is 845. The van der Waals surface area contributed by atoms with Crippen molar-refractivity contribution in [2.75, 3.05) is 0 Å². The molecule has 2 rings (SSSR count). The Balaban J connectivity index is 2.74. The maximum atomic E-state index is 12.5. The normalized spacial score (nSPS) is 18.5. The lowest BCUT2D eigenvalue weighted by molar-refractivity contribution is 0.0817. The second-order valence-corrected chi connectivity index (χ2v) is 2.66. The van der Waals surface area contributed by atoms with Crippen molar-refractivity contribution in [2.45, 2.75) is 0 Å². The molecule has 2 aromatic carbocycles. The minimum Gasteiger partial charge on any atom is -0.285 e. The Labute approximate surface area is 108 Å². The zero-order valence-corrected chi connectivity index (χ0v) is 7.82. The van der Waals surface area contributed by atoms with Crippen molar-refractivity contribution in [3.8, 4) is 0 Å². The SMILES string of the molecule is [2H]c1c([2H])c([2H])c(C(=O)C(=O)c2c([2H])c([2H])c([2H])c([2H])c2[2H])c([2H])c1[2H]. The van der Waals surface area contributed by atoms with E-state index < -0.39 is 83.1 Å². The van der Waals surface area contributed by atoms with Gasteiger partial charge in [0.1, 0.15) is 0 Å². The molecule has 0 aliphatic carbocycles. The number of rotatable bonds is 3. The van der Waals surface area contributed by atoms with E-state index in [0.29, 0.717) is 0 Å². The van der Waals surface area contributed by atoms with Crippen LogP contribution in [0, 0.1) is 0 Å². The van der Waals surface area contributed by atoms with Gasteiger partial charge in [0.25, 0.3) is 0 Å². The molecule has 16 heavy (non-hydrogen) atoms. The van der Waals surface area contributed by atoms with E-state index in [9.17, 15) is 9.59 Å². The summed E-state index contributed by atoms with van der Waals surface area (Å²) in [6.45, 7) is 0. The highest BCUT2D eigenvalue weighted by Gasteiger charge is 2.16. The van der Waals surface area contributed by atoms with Gasteiger partial charge in [0.15, 0.2) is 0 Å². The lowest BCUT2D eigenvalue weighted by Crippen LogP contribution is -2.14. The third-order valence-electron chi connectivity index (χ3n) is 1.66. The van der Waals surface area contributed by atoms with Crippen LogP contribution in [0.15, 0.2) is 60.4 Å². The second-order valence-electron chi connectivity index (χ2n) is 2.66. The third-order valence-corrected chi connectivity index (χ3v) is 1.66. The highest BCUT2D eigenvalue weighted by Crippen LogP contribution is 2.07. The maximum Gasteiger partial charge on any atom is 0.233 e. The Morgan fingerprint density at radius 2 is 1.00 bits per heavy atom. The number of carbonyl (C=O) groups excluding carboxylic acids is 2. The largest absolute Gasteiger partial charge is 0.285 e. The monoisotopic (exact) mass is 220 g/mol. The van der Waals surface area contributed by atoms with Gasteiger partial charge in [-0.3, -0.25) is 9.59 Å². The van der Waals surface area contributed by atoms with E-state index >= 15 is 0 Å². The highest BCUT2D eigenvalue weighted by molar-refractivity contribution is 6.49. The lowest BCUT2D eigenvalue weighted by atomic mass is 10.0. The van der Waals surface area contributed by atoms with Gasteiger partial charge in [-0.1, -0.05) is 60.4 Å². The number of benzene rings is 2. The number of hydrogen-bond donors (Lipinski definition) is 0. The molecule has 2 heteroatoms. The van der Waals surface area contributed by atoms with Gasteiger partial charge in [0, 0.05) is 11.1 Å². The Kier molecular flexibility index (Phi) is 1.04. The first-order valence-corrected chi connectivity index (χ1v) is 4.16. The summed E-state index contributed by atoms with van der Waals surface area (Å²) in [4.78, 5) is 24.9. The number of ketones is 2. The molecule has 0 heterocycles. The summed E-state index contributed by atoms with van der Waals surface area (Å²) in [6, 6.07) is -8.50. The number of hydrogen-bond acceptors (Lipinski definition) is 2. The summed E-state index contributed by atoms with van der Waals surface area (Å²) in [7, 11) is 0. The van der Waals surface area contributed by atoms with E-state index in [0.717, 1.165) is 0 Å². The standard InChI is InChI=1S/C14H10O2/c15-13(11-7-3-1-4-8-11)14(16)12-9-5-2-6-10-12/h1-10H/i1D,2D,3D,4D,5D,6D,7D,8D,9D,10D. The van der Waals surface area contributed by atoms with Crippen LogP contribution in [0.5, 0.6) is 0 Å². The molecule has 78 valence electrons. The molecule has 0 aliphatic heterocycles. The Hall–Kier alpha value is -2.22. The van der Waals surface area contributed by atoms with Crippen LogP contribution in [0.3, 0.4) is 0 Å². The molecular weight excluding hydrogens is 200 g/mol. The fourth-order valence-corrected chi connectivity index (χ4v) is 0.954. The molecule has 0 bridgehead atoms. The number of carbonyl (C=O) groups is 2. The van der Waals surface area contributed by atoms with Crippen LogP contribution in [-0.4, -0.2) is 11.6 Å². The van der Waals surface area contributed by atoms with Crippen molar-refractivity contribution >= 4 is 11.6 Å². The van der Waals surface area contributed by atoms with Crippen molar-refractivity contribution < 1.29 is 23.3 Å². The molecule has 0 saturated carbocycles. The molecule has 0 radical (unpaired) electrons. The topological polar surface area (TPSA) is 34.1 Å². The molecule has 0 aliphatic rings. The molecule has 0 saturated heterocycles. The first kappa shape index (κ1) is 3.67. The Morgan fingerprint density at radius 1 is 0.688 bits per heavy atom. The van der Waals surface area contributed by atoms with E-state index in [1.54, 1.807) is 0 Å². The summed E-state index contributed by atoms with van der Waals surface area (Å²) in [5, 5.41) is 0. The third kappa shape index (κ3) is 2.06. The van der Waals surface area contributed by atoms with Gasteiger partial charge in [-0.2, -0.15) is 0 Å². The molecule has 0 spiro atoms. The predicted octanol–water partition coefficient (Wildman–Crippen LogP) is 2.75. The van der Waals surface area contributed by atoms with Gasteiger partial charge in [-0.05, 0) is 0 Å². The van der Waals surface area contributed by atoms with Crippen molar-refractivity contribution in [3.05, 3.63) is 71.6 Å². The van der Waals surface area contributed by atoms with Crippen LogP contribution < -0.4 is 0 Å². The Morgan fingerprint density at radius 3 is 1.31 bits per heavy atom. The van der Waals surface area contributed by atoms with Crippen LogP contribution in [0.25, 0.3) is 0 Å². The molecular formula is C14H10O2. The molecule has 0 N–H and O–H groups in total. The first-order chi connectivity index (χ1) is 11.9. The van der Waals surface area contributed by atoms with E-state index in [4.69, 9.17) is 13.7 Å². The van der Waals surface area contributed by atoms with E-state index in [-0.39, 0.29) is 0 Å². The minimum atomic E-state index is -1.56. The van der Waals surface area contributed by atoms with Crippen molar-refractivity contribution in [2.24, 2.45) is 0 Å². The van der Waals surface area contributed by atoms with Gasteiger partial charge >= 0.3 is 0 Å². The smallest absolute Gasteiger partial charge is 0.233 e. The van der Waals surface area contributed by atoms with E-state index in [1.165, 1.54) is 0 Å². The van der Waals surface area contributed by atoms with Crippen LogP contribution in [0.1, 0.15) is 34.4 Å². The molecule has 0 aromatic heterocycles. The van der Waals surface area contributed by atoms with Crippen molar-refractivity contribution in [1.82, 2.24) is 0 Å². The van der Waals surface area contributed by atoms with E-state index in [2.05, 4.69) is 0 Å². The summed E-state index contributed by atoms with van der Waals surface area (Å²) >= 11 is 0. The van der Waals surface area contributed by atoms with Crippen LogP contribution >= 0.6 is 0 Å². The van der Waals surface area contributed by atoms with Crippen LogP contribution in [0.4, 0.5) is 0 Å². The van der Waals surface area contributed by atoms with E-state index in [1.807, 2.05) is 0 Å². The molecule has 0 atom stereocenters. The fraction of sp³-hybridized carbons (Fsp3) is 0. The summed E-state index contributed by atoms with van der Waals surface area (Å²) in [5.74, 6) is -3.11. The van der Waals surface area contributed by atoms with Gasteiger partial charge in [-0.25, -0.2) is 0 Å². The quantitative estimate of drug-likeness (QED) is 0.588. The zero-order chi connectivity index (χ0) is 20.1. The summed E-state index contributed by atoms with van der Waals surface area (Å²) < 4.78 is 75.9. The van der Waals surface area contributed by atoms with Crippen molar-refractivity contribution in [3.63, 3.8) is 0 Å². The zero-order valence-electron chi connectivity index (χ0n) is 17.8. The molecule has 0 unspecified atom stereocenters. The van der Waals surface area contributed by atoms with Crippen LogP contribution in [-0.2, 0) is 0 Å². The van der Waals surface area contributed by atoms with Gasteiger partial charge in [-0.15, -0.1) is 0 Å². The van der Waals surface area contributed by atoms with Gasteiger partial charge < -0.3 is 0 Å². The van der Waals surface area contributed by atoms with Crippen molar-refractivity contribution in [1.29, 1.82) is 0 Å². The summed E-state index contributed by atoms with van der Waals surface area (Å²) in [6.07, 6.45) is 0.